The summed E-state index contributed by atoms with van der Waals surface area (Å²) >= 11 is 0. The number of Topliss-reactive ketones (excluding diaryl/α,β-unsaturated/α-hetero) is 1. The Morgan fingerprint density at radius 1 is 1.39 bits per heavy atom. The van der Waals surface area contributed by atoms with Crippen LogP contribution in [0.25, 0.3) is 10.9 Å². The summed E-state index contributed by atoms with van der Waals surface area (Å²) in [5, 5.41) is 9.73. The zero-order valence-corrected chi connectivity index (χ0v) is 10.9. The van der Waals surface area contributed by atoms with Gasteiger partial charge in [0.15, 0.2) is 5.78 Å². The number of nitriles is 1. The van der Waals surface area contributed by atoms with Crippen molar-refractivity contribution in [2.45, 2.75) is 27.2 Å². The molecule has 18 heavy (non-hydrogen) atoms. The number of benzene rings is 1. The largest absolute Gasteiger partial charge is 0.360 e. The van der Waals surface area contributed by atoms with Gasteiger partial charge in [-0.2, -0.15) is 5.26 Å². The Kier molecular flexibility index (Phi) is 2.96. The number of nitrogens with zero attached hydrogens (tertiary/aromatic N) is 1. The molecule has 0 aliphatic rings. The number of carbonyl (C=O) groups is 1. The number of fused-ring (bicyclic) bond motifs is 1. The Balaban J connectivity index is 2.42. The smallest absolute Gasteiger partial charge is 0.165 e. The molecule has 2 rings (SSSR count). The van der Waals surface area contributed by atoms with E-state index in [-0.39, 0.29) is 11.2 Å². The van der Waals surface area contributed by atoms with Gasteiger partial charge in [-0.15, -0.1) is 0 Å². The molecule has 0 bridgehead atoms. The van der Waals surface area contributed by atoms with E-state index in [1.165, 1.54) is 0 Å². The van der Waals surface area contributed by atoms with E-state index in [4.69, 9.17) is 5.26 Å². The van der Waals surface area contributed by atoms with E-state index in [9.17, 15) is 4.79 Å². The van der Waals surface area contributed by atoms with Crippen LogP contribution in [0.4, 0.5) is 0 Å². The number of hydrogen-bond acceptors (Lipinski definition) is 2. The first-order chi connectivity index (χ1) is 8.40. The fraction of sp³-hybridized carbons (Fsp3) is 0.333. The van der Waals surface area contributed by atoms with E-state index in [0.29, 0.717) is 17.5 Å². The van der Waals surface area contributed by atoms with Crippen molar-refractivity contribution in [3.05, 3.63) is 35.5 Å². The molecule has 0 fully saturated rings. The van der Waals surface area contributed by atoms with Crippen LogP contribution < -0.4 is 0 Å². The summed E-state index contributed by atoms with van der Waals surface area (Å²) in [4.78, 5) is 15.3. The number of carbonyl (C=O) groups excluding carboxylic acids is 1. The molecule has 0 atom stereocenters. The molecular formula is C15H16N2O. The minimum absolute atomic E-state index is 0.0206. The molecule has 3 nitrogen and oxygen atoms in total. The monoisotopic (exact) mass is 240 g/mol. The quantitative estimate of drug-likeness (QED) is 0.814. The van der Waals surface area contributed by atoms with E-state index in [1.54, 1.807) is 18.3 Å². The summed E-state index contributed by atoms with van der Waals surface area (Å²) in [5.74, 6) is 0.137. The fourth-order valence-corrected chi connectivity index (χ4v) is 2.00. The normalized spacial score (nSPS) is 11.4. The van der Waals surface area contributed by atoms with Gasteiger partial charge in [0.2, 0.25) is 0 Å². The maximum atomic E-state index is 12.2. The molecule has 1 aromatic heterocycles. The topological polar surface area (TPSA) is 56.6 Å². The van der Waals surface area contributed by atoms with Gasteiger partial charge in [0, 0.05) is 29.1 Å². The van der Waals surface area contributed by atoms with Gasteiger partial charge in [0.25, 0.3) is 0 Å². The molecule has 0 saturated heterocycles. The highest BCUT2D eigenvalue weighted by molar-refractivity contribution is 6.08. The van der Waals surface area contributed by atoms with Crippen LogP contribution in [0.5, 0.6) is 0 Å². The van der Waals surface area contributed by atoms with Gasteiger partial charge in [-0.05, 0) is 17.5 Å². The Morgan fingerprint density at radius 2 is 2.11 bits per heavy atom. The fourth-order valence-electron chi connectivity index (χ4n) is 2.00. The molecule has 0 aliphatic carbocycles. The lowest BCUT2D eigenvalue weighted by atomic mass is 9.88. The number of H-pyrrole nitrogens is 1. The first-order valence-electron chi connectivity index (χ1n) is 5.95. The van der Waals surface area contributed by atoms with E-state index < -0.39 is 0 Å². The predicted molar refractivity (Wildman–Crippen MR) is 71.4 cm³/mol. The van der Waals surface area contributed by atoms with Gasteiger partial charge in [-0.3, -0.25) is 4.79 Å². The van der Waals surface area contributed by atoms with E-state index in [0.717, 1.165) is 10.9 Å². The van der Waals surface area contributed by atoms with Crippen LogP contribution >= 0.6 is 0 Å². The summed E-state index contributed by atoms with van der Waals surface area (Å²) in [6.07, 6.45) is 2.25. The Hall–Kier alpha value is -2.08. The Labute approximate surface area is 106 Å². The Morgan fingerprint density at radius 3 is 2.72 bits per heavy atom. The maximum absolute atomic E-state index is 12.2. The zero-order chi connectivity index (χ0) is 13.3. The summed E-state index contributed by atoms with van der Waals surface area (Å²) < 4.78 is 0. The van der Waals surface area contributed by atoms with Crippen LogP contribution in [0.15, 0.2) is 24.4 Å². The lowest BCUT2D eigenvalue weighted by molar-refractivity contribution is 0.0941. The second-order valence-electron chi connectivity index (χ2n) is 5.74. The third-order valence-electron chi connectivity index (χ3n) is 2.80. The van der Waals surface area contributed by atoms with Gasteiger partial charge in [0.05, 0.1) is 11.6 Å². The summed E-state index contributed by atoms with van der Waals surface area (Å²) in [6.45, 7) is 6.15. The van der Waals surface area contributed by atoms with Crippen LogP contribution in [0.2, 0.25) is 0 Å². The molecule has 92 valence electrons. The number of rotatable bonds is 2. The standard InChI is InChI=1S/C15H16N2O/c1-15(2,3)7-14(18)12-9-17-13-6-10(8-16)4-5-11(12)13/h4-6,9,17H,7H2,1-3H3. The average Bonchev–Trinajstić information content (AvgIpc) is 2.69. The average molecular weight is 240 g/mol. The molecule has 0 unspecified atom stereocenters. The second kappa shape index (κ2) is 4.30. The molecule has 3 heteroatoms. The molecule has 1 heterocycles. The van der Waals surface area contributed by atoms with Gasteiger partial charge in [0.1, 0.15) is 0 Å². The molecular weight excluding hydrogens is 224 g/mol. The van der Waals surface area contributed by atoms with Crippen molar-refractivity contribution in [1.29, 1.82) is 5.26 Å². The van der Waals surface area contributed by atoms with E-state index in [1.807, 2.05) is 26.8 Å². The van der Waals surface area contributed by atoms with Gasteiger partial charge < -0.3 is 4.98 Å². The molecule has 2 aromatic rings. The molecule has 0 amide bonds. The van der Waals surface area contributed by atoms with E-state index >= 15 is 0 Å². The van der Waals surface area contributed by atoms with Gasteiger partial charge in [-0.1, -0.05) is 26.8 Å². The van der Waals surface area contributed by atoms with Crippen molar-refractivity contribution in [1.82, 2.24) is 4.98 Å². The first kappa shape index (κ1) is 12.4. The summed E-state index contributed by atoms with van der Waals surface area (Å²) in [5.41, 5.74) is 2.13. The maximum Gasteiger partial charge on any atom is 0.165 e. The van der Waals surface area contributed by atoms with Crippen LogP contribution in [0.1, 0.15) is 43.1 Å². The third kappa shape index (κ3) is 2.43. The molecule has 0 saturated carbocycles. The number of hydrogen-bond donors (Lipinski definition) is 1. The number of nitrogens with one attached hydrogen (secondary N) is 1. The highest BCUT2D eigenvalue weighted by atomic mass is 16.1. The lowest BCUT2D eigenvalue weighted by Gasteiger charge is -2.16. The zero-order valence-electron chi connectivity index (χ0n) is 10.9. The van der Waals surface area contributed by atoms with Crippen LogP contribution in [0.3, 0.4) is 0 Å². The summed E-state index contributed by atoms with van der Waals surface area (Å²) in [7, 11) is 0. The second-order valence-corrected chi connectivity index (χ2v) is 5.74. The Bertz CT molecular complexity index is 639. The van der Waals surface area contributed by atoms with Crippen molar-refractivity contribution in [2.75, 3.05) is 0 Å². The van der Waals surface area contributed by atoms with Crippen molar-refractivity contribution in [3.8, 4) is 6.07 Å². The van der Waals surface area contributed by atoms with Crippen LogP contribution in [0, 0.1) is 16.7 Å². The summed E-state index contributed by atoms with van der Waals surface area (Å²) in [6, 6.07) is 7.43. The van der Waals surface area contributed by atoms with Crippen molar-refractivity contribution < 1.29 is 4.79 Å². The number of aromatic amines is 1. The highest BCUT2D eigenvalue weighted by Crippen LogP contribution is 2.26. The van der Waals surface area contributed by atoms with E-state index in [2.05, 4.69) is 11.1 Å². The SMILES string of the molecule is CC(C)(C)CC(=O)c1c[nH]c2cc(C#N)ccc12. The van der Waals surface area contributed by atoms with Crippen LogP contribution in [-0.2, 0) is 0 Å². The van der Waals surface area contributed by atoms with Crippen molar-refractivity contribution in [2.24, 2.45) is 5.41 Å². The van der Waals surface area contributed by atoms with Crippen molar-refractivity contribution >= 4 is 16.7 Å². The molecule has 0 spiro atoms. The van der Waals surface area contributed by atoms with Crippen molar-refractivity contribution in [3.63, 3.8) is 0 Å². The molecule has 1 aromatic carbocycles. The minimum atomic E-state index is -0.0206. The minimum Gasteiger partial charge on any atom is -0.360 e. The van der Waals surface area contributed by atoms with Crippen LogP contribution in [-0.4, -0.2) is 10.8 Å². The van der Waals surface area contributed by atoms with Gasteiger partial charge in [-0.25, -0.2) is 0 Å². The predicted octanol–water partition coefficient (Wildman–Crippen LogP) is 3.66. The lowest BCUT2D eigenvalue weighted by Crippen LogP contribution is -2.12. The molecule has 1 N–H and O–H groups in total. The number of ketones is 1. The van der Waals surface area contributed by atoms with Gasteiger partial charge >= 0.3 is 0 Å². The highest BCUT2D eigenvalue weighted by Gasteiger charge is 2.19. The molecule has 0 radical (unpaired) electrons. The molecule has 0 aliphatic heterocycles. The number of aromatic nitrogens is 1. The third-order valence-corrected chi connectivity index (χ3v) is 2.80. The first-order valence-corrected chi connectivity index (χ1v) is 5.95.